The first kappa shape index (κ1) is 19.3. The SMILES string of the molecule is CN(C)C(=O)COC(=O)C1CCCN(S(=O)(=O)c2ccc(F)cc2)C1. The third-order valence-corrected chi connectivity index (χ3v) is 5.88. The summed E-state index contributed by atoms with van der Waals surface area (Å²) in [5, 5.41) is 0. The third-order valence-electron chi connectivity index (χ3n) is 4.01. The summed E-state index contributed by atoms with van der Waals surface area (Å²) in [6.45, 7) is -0.109. The molecule has 2 rings (SSSR count). The summed E-state index contributed by atoms with van der Waals surface area (Å²) >= 11 is 0. The summed E-state index contributed by atoms with van der Waals surface area (Å²) in [6, 6.07) is 4.55. The molecule has 0 bridgehead atoms. The number of nitrogens with zero attached hydrogens (tertiary/aromatic N) is 2. The predicted octanol–water partition coefficient (Wildman–Crippen LogP) is 0.858. The van der Waals surface area contributed by atoms with E-state index in [0.717, 1.165) is 12.1 Å². The van der Waals surface area contributed by atoms with Gasteiger partial charge in [0.15, 0.2) is 6.61 Å². The van der Waals surface area contributed by atoms with E-state index in [0.29, 0.717) is 12.8 Å². The molecule has 1 heterocycles. The number of sulfonamides is 1. The van der Waals surface area contributed by atoms with Crippen molar-refractivity contribution in [2.24, 2.45) is 5.92 Å². The first-order chi connectivity index (χ1) is 11.7. The second kappa shape index (κ2) is 7.92. The summed E-state index contributed by atoms with van der Waals surface area (Å²) in [4.78, 5) is 24.9. The highest BCUT2D eigenvalue weighted by Gasteiger charge is 2.34. The van der Waals surface area contributed by atoms with Crippen molar-refractivity contribution in [2.75, 3.05) is 33.8 Å². The normalized spacial score (nSPS) is 18.6. The number of rotatable bonds is 5. The van der Waals surface area contributed by atoms with E-state index in [1.807, 2.05) is 0 Å². The number of benzene rings is 1. The van der Waals surface area contributed by atoms with Crippen LogP contribution < -0.4 is 0 Å². The number of carbonyl (C=O) groups is 2. The highest BCUT2D eigenvalue weighted by molar-refractivity contribution is 7.89. The lowest BCUT2D eigenvalue weighted by molar-refractivity contribution is -0.155. The molecule has 0 aliphatic carbocycles. The summed E-state index contributed by atoms with van der Waals surface area (Å²) in [7, 11) is -0.707. The van der Waals surface area contributed by atoms with Crippen LogP contribution in [0.15, 0.2) is 29.2 Å². The Morgan fingerprint density at radius 2 is 1.92 bits per heavy atom. The molecule has 1 fully saturated rings. The molecule has 0 N–H and O–H groups in total. The van der Waals surface area contributed by atoms with Crippen LogP contribution in [0.3, 0.4) is 0 Å². The fourth-order valence-corrected chi connectivity index (χ4v) is 4.01. The summed E-state index contributed by atoms with van der Waals surface area (Å²) in [5.74, 6) is -2.09. The van der Waals surface area contributed by atoms with Crippen molar-refractivity contribution in [3.05, 3.63) is 30.1 Å². The van der Waals surface area contributed by atoms with Crippen LogP contribution in [0.5, 0.6) is 0 Å². The van der Waals surface area contributed by atoms with E-state index in [1.165, 1.54) is 21.3 Å². The van der Waals surface area contributed by atoms with E-state index < -0.39 is 27.7 Å². The topological polar surface area (TPSA) is 84.0 Å². The van der Waals surface area contributed by atoms with Gasteiger partial charge in [0.2, 0.25) is 10.0 Å². The fourth-order valence-electron chi connectivity index (χ4n) is 2.49. The second-order valence-corrected chi connectivity index (χ2v) is 7.99. The monoisotopic (exact) mass is 372 g/mol. The maximum atomic E-state index is 13.0. The largest absolute Gasteiger partial charge is 0.455 e. The fraction of sp³-hybridized carbons (Fsp3) is 0.500. The molecular formula is C16H21FN2O5S. The lowest BCUT2D eigenvalue weighted by Crippen LogP contribution is -2.43. The molecule has 7 nitrogen and oxygen atoms in total. The Bertz CT molecular complexity index is 733. The van der Waals surface area contributed by atoms with Gasteiger partial charge in [-0.2, -0.15) is 4.31 Å². The van der Waals surface area contributed by atoms with Gasteiger partial charge in [-0.05, 0) is 37.1 Å². The van der Waals surface area contributed by atoms with Crippen LogP contribution in [0.1, 0.15) is 12.8 Å². The first-order valence-electron chi connectivity index (χ1n) is 7.84. The quantitative estimate of drug-likeness (QED) is 0.716. The Labute approximate surface area is 146 Å². The van der Waals surface area contributed by atoms with Gasteiger partial charge in [-0.3, -0.25) is 9.59 Å². The highest BCUT2D eigenvalue weighted by atomic mass is 32.2. The molecule has 0 spiro atoms. The Hall–Kier alpha value is -2.00. The molecule has 0 radical (unpaired) electrons. The van der Waals surface area contributed by atoms with Gasteiger partial charge in [0.1, 0.15) is 5.82 Å². The molecule has 9 heteroatoms. The Morgan fingerprint density at radius 3 is 2.52 bits per heavy atom. The molecule has 1 aliphatic rings. The van der Waals surface area contributed by atoms with Gasteiger partial charge in [0.05, 0.1) is 10.8 Å². The zero-order valence-corrected chi connectivity index (χ0v) is 15.0. The van der Waals surface area contributed by atoms with Crippen molar-refractivity contribution in [3.63, 3.8) is 0 Å². The average Bonchev–Trinajstić information content (AvgIpc) is 2.59. The van der Waals surface area contributed by atoms with Crippen LogP contribution in [0, 0.1) is 11.7 Å². The molecular weight excluding hydrogens is 351 g/mol. The smallest absolute Gasteiger partial charge is 0.310 e. The third kappa shape index (κ3) is 4.76. The van der Waals surface area contributed by atoms with Crippen molar-refractivity contribution in [2.45, 2.75) is 17.7 Å². The summed E-state index contributed by atoms with van der Waals surface area (Å²) in [5.41, 5.74) is 0. The van der Waals surface area contributed by atoms with Crippen LogP contribution in [0.4, 0.5) is 4.39 Å². The van der Waals surface area contributed by atoms with Crippen LogP contribution in [-0.4, -0.2) is 63.3 Å². The van der Waals surface area contributed by atoms with Crippen LogP contribution >= 0.6 is 0 Å². The van der Waals surface area contributed by atoms with Crippen molar-refractivity contribution in [1.82, 2.24) is 9.21 Å². The number of ether oxygens (including phenoxy) is 1. The average molecular weight is 372 g/mol. The molecule has 1 atom stereocenters. The number of hydrogen-bond acceptors (Lipinski definition) is 5. The highest BCUT2D eigenvalue weighted by Crippen LogP contribution is 2.24. The van der Waals surface area contributed by atoms with Gasteiger partial charge < -0.3 is 9.64 Å². The summed E-state index contributed by atoms with van der Waals surface area (Å²) in [6.07, 6.45) is 0.992. The van der Waals surface area contributed by atoms with E-state index in [-0.39, 0.29) is 30.5 Å². The molecule has 1 aliphatic heterocycles. The lowest BCUT2D eigenvalue weighted by Gasteiger charge is -2.30. The molecule has 0 saturated carbocycles. The van der Waals surface area contributed by atoms with Gasteiger partial charge in [-0.15, -0.1) is 0 Å². The zero-order valence-electron chi connectivity index (χ0n) is 14.1. The van der Waals surface area contributed by atoms with Crippen LogP contribution in [0.2, 0.25) is 0 Å². The maximum Gasteiger partial charge on any atom is 0.310 e. The van der Waals surface area contributed by atoms with E-state index in [1.54, 1.807) is 14.1 Å². The number of piperidine rings is 1. The summed E-state index contributed by atoms with van der Waals surface area (Å²) < 4.78 is 44.4. The minimum atomic E-state index is -3.81. The minimum absolute atomic E-state index is 0.0191. The Morgan fingerprint density at radius 1 is 1.28 bits per heavy atom. The molecule has 1 unspecified atom stereocenters. The van der Waals surface area contributed by atoms with Gasteiger partial charge >= 0.3 is 5.97 Å². The van der Waals surface area contributed by atoms with E-state index >= 15 is 0 Å². The van der Waals surface area contributed by atoms with E-state index in [9.17, 15) is 22.4 Å². The molecule has 0 aromatic heterocycles. The molecule has 138 valence electrons. The zero-order chi connectivity index (χ0) is 18.6. The van der Waals surface area contributed by atoms with Gasteiger partial charge in [0.25, 0.3) is 5.91 Å². The van der Waals surface area contributed by atoms with Crippen LogP contribution in [0.25, 0.3) is 0 Å². The molecule has 1 saturated heterocycles. The van der Waals surface area contributed by atoms with Crippen LogP contribution in [-0.2, 0) is 24.3 Å². The van der Waals surface area contributed by atoms with Crippen molar-refractivity contribution < 1.29 is 27.1 Å². The number of carbonyl (C=O) groups excluding carboxylic acids is 2. The van der Waals surface area contributed by atoms with Crippen molar-refractivity contribution >= 4 is 21.9 Å². The molecule has 1 aromatic rings. The Balaban J connectivity index is 2.03. The van der Waals surface area contributed by atoms with Crippen molar-refractivity contribution in [1.29, 1.82) is 0 Å². The van der Waals surface area contributed by atoms with E-state index in [2.05, 4.69) is 0 Å². The number of halogens is 1. The molecule has 1 aromatic carbocycles. The number of amides is 1. The van der Waals surface area contributed by atoms with Gasteiger partial charge in [-0.25, -0.2) is 12.8 Å². The van der Waals surface area contributed by atoms with Gasteiger partial charge in [-0.1, -0.05) is 0 Å². The van der Waals surface area contributed by atoms with Crippen molar-refractivity contribution in [3.8, 4) is 0 Å². The lowest BCUT2D eigenvalue weighted by atomic mass is 10.00. The number of likely N-dealkylation sites (N-methyl/N-ethyl adjacent to an activating group) is 1. The molecule has 1 amide bonds. The number of hydrogen-bond donors (Lipinski definition) is 0. The maximum absolute atomic E-state index is 13.0. The van der Waals surface area contributed by atoms with E-state index in [4.69, 9.17) is 4.74 Å². The minimum Gasteiger partial charge on any atom is -0.455 e. The number of esters is 1. The molecule has 25 heavy (non-hydrogen) atoms. The predicted molar refractivity (Wildman–Crippen MR) is 87.5 cm³/mol. The second-order valence-electron chi connectivity index (χ2n) is 6.05. The Kier molecular flexibility index (Phi) is 6.12. The standard InChI is InChI=1S/C16H21FN2O5S/c1-18(2)15(20)11-24-16(21)12-4-3-9-19(10-12)25(22,23)14-7-5-13(17)6-8-14/h5-8,12H,3-4,9-11H2,1-2H3. The van der Waals surface area contributed by atoms with Gasteiger partial charge in [0, 0.05) is 27.2 Å². The first-order valence-corrected chi connectivity index (χ1v) is 9.28.